The van der Waals surface area contributed by atoms with Crippen LogP contribution in [0.3, 0.4) is 0 Å². The Kier molecular flexibility index (Phi) is 8.03. The molecule has 10 heavy (non-hydrogen) atoms. The van der Waals surface area contributed by atoms with Crippen molar-refractivity contribution < 1.29 is 4.79 Å². The molecule has 0 unspecified atom stereocenters. The molecule has 1 atom stereocenters. The van der Waals surface area contributed by atoms with Gasteiger partial charge in [-0.3, -0.25) is 4.79 Å². The van der Waals surface area contributed by atoms with Crippen LogP contribution in [-0.4, -0.2) is 16.9 Å². The maximum absolute atomic E-state index is 10.9. The molecule has 2 nitrogen and oxygen atoms in total. The number of nitrogens with two attached hydrogens (primary N) is 1. The summed E-state index contributed by atoms with van der Waals surface area (Å²) < 4.78 is 0. The average molecular weight is 233 g/mol. The molecule has 0 amide bonds. The number of hydrogen-bond donors (Lipinski definition) is 3. The summed E-state index contributed by atoms with van der Waals surface area (Å²) in [7, 11) is 3.62. The minimum atomic E-state index is -0.457. The lowest BCUT2D eigenvalue weighted by molar-refractivity contribution is -0.111. The van der Waals surface area contributed by atoms with Gasteiger partial charge >= 0.3 is 0 Å². The third kappa shape index (κ3) is 5.09. The van der Waals surface area contributed by atoms with Gasteiger partial charge in [-0.15, -0.1) is 0 Å². The second-order valence-corrected chi connectivity index (χ2v) is 6.48. The molecule has 0 bridgehead atoms. The van der Waals surface area contributed by atoms with E-state index in [0.717, 1.165) is 10.8 Å². The van der Waals surface area contributed by atoms with Gasteiger partial charge in [-0.05, 0) is 30.4 Å². The van der Waals surface area contributed by atoms with Crippen LogP contribution in [0, 0.1) is 0 Å². The van der Waals surface area contributed by atoms with Gasteiger partial charge in [0.25, 0.3) is 0 Å². The molecular formula is C3H7NOS5. The van der Waals surface area contributed by atoms with Crippen LogP contribution in [0.4, 0.5) is 0 Å². The zero-order valence-electron chi connectivity index (χ0n) is 4.89. The van der Waals surface area contributed by atoms with E-state index in [2.05, 4.69) is 24.3 Å². The van der Waals surface area contributed by atoms with Crippen molar-refractivity contribution in [3.8, 4) is 0 Å². The third-order valence-electron chi connectivity index (χ3n) is 0.646. The van der Waals surface area contributed by atoms with Gasteiger partial charge in [-0.1, -0.05) is 11.7 Å². The summed E-state index contributed by atoms with van der Waals surface area (Å²) in [5.41, 5.74) is 5.36. The minimum Gasteiger partial charge on any atom is -0.320 e. The van der Waals surface area contributed by atoms with E-state index >= 15 is 0 Å². The molecule has 2 N–H and O–H groups in total. The lowest BCUT2D eigenvalue weighted by atomic mass is 10.4. The van der Waals surface area contributed by atoms with E-state index in [1.54, 1.807) is 0 Å². The van der Waals surface area contributed by atoms with E-state index in [-0.39, 0.29) is 5.12 Å². The predicted octanol–water partition coefficient (Wildman–Crippen LogP) is 1.64. The summed E-state index contributed by atoms with van der Waals surface area (Å²) in [5.74, 6) is 0.392. The van der Waals surface area contributed by atoms with E-state index in [4.69, 9.17) is 5.73 Å². The summed E-state index contributed by atoms with van der Waals surface area (Å²) in [6, 6.07) is -0.457. The first-order chi connectivity index (χ1) is 4.72. The van der Waals surface area contributed by atoms with Crippen LogP contribution >= 0.6 is 54.7 Å². The van der Waals surface area contributed by atoms with E-state index in [9.17, 15) is 4.79 Å². The molecule has 0 saturated heterocycles. The van der Waals surface area contributed by atoms with Gasteiger partial charge in [0.05, 0.1) is 6.04 Å². The van der Waals surface area contributed by atoms with Crippen molar-refractivity contribution in [3.63, 3.8) is 0 Å². The maximum Gasteiger partial charge on any atom is 0.217 e. The quantitative estimate of drug-likeness (QED) is 0.509. The highest BCUT2D eigenvalue weighted by Gasteiger charge is 2.11. The standard InChI is InChI=1S/C3H7NOS5/c4-2(1-6)3(5)8-10-9-7/h2,6-7H,1,4H2/t2-/m0/s1. The molecule has 0 aromatic heterocycles. The molecule has 0 aromatic rings. The molecule has 7 heteroatoms. The van der Waals surface area contributed by atoms with Crippen LogP contribution in [-0.2, 0) is 4.79 Å². The van der Waals surface area contributed by atoms with Crippen LogP contribution < -0.4 is 5.73 Å². The second-order valence-electron chi connectivity index (χ2n) is 1.33. The monoisotopic (exact) mass is 233 g/mol. The van der Waals surface area contributed by atoms with Crippen molar-refractivity contribution in [2.75, 3.05) is 5.75 Å². The predicted molar refractivity (Wildman–Crippen MR) is 58.6 cm³/mol. The van der Waals surface area contributed by atoms with E-state index in [1.807, 2.05) is 0 Å². The number of carbonyl (C=O) groups is 1. The Bertz CT molecular complexity index is 109. The molecule has 60 valence electrons. The maximum atomic E-state index is 10.9. The van der Waals surface area contributed by atoms with Crippen LogP contribution in [0.15, 0.2) is 0 Å². The fourth-order valence-electron chi connectivity index (χ4n) is 0.185. The van der Waals surface area contributed by atoms with Crippen molar-refractivity contribution in [1.82, 2.24) is 0 Å². The highest BCUT2D eigenvalue weighted by molar-refractivity contribution is 9.25. The van der Waals surface area contributed by atoms with Crippen molar-refractivity contribution in [1.29, 1.82) is 0 Å². The first-order valence-corrected chi connectivity index (χ1v) is 7.44. The molecular weight excluding hydrogens is 226 g/mol. The van der Waals surface area contributed by atoms with Crippen LogP contribution in [0.1, 0.15) is 0 Å². The zero-order chi connectivity index (χ0) is 7.98. The summed E-state index contributed by atoms with van der Waals surface area (Å²) in [6.45, 7) is 0. The van der Waals surface area contributed by atoms with Crippen LogP contribution in [0.5, 0.6) is 0 Å². The lowest BCUT2D eigenvalue weighted by Crippen LogP contribution is -2.29. The van der Waals surface area contributed by atoms with Gasteiger partial charge < -0.3 is 5.73 Å². The summed E-state index contributed by atoms with van der Waals surface area (Å²) in [4.78, 5) is 10.9. The molecule has 0 heterocycles. The lowest BCUT2D eigenvalue weighted by Gasteiger charge is -2.02. The Balaban J connectivity index is 3.42. The molecule has 0 saturated carbocycles. The Morgan fingerprint density at radius 1 is 1.70 bits per heavy atom. The number of carbonyl (C=O) groups excluding carboxylic acids is 1. The van der Waals surface area contributed by atoms with Gasteiger partial charge in [-0.25, -0.2) is 0 Å². The molecule has 0 aliphatic rings. The Morgan fingerprint density at radius 3 is 2.70 bits per heavy atom. The minimum absolute atomic E-state index is 0.0541. The van der Waals surface area contributed by atoms with Crippen molar-refractivity contribution in [2.24, 2.45) is 5.73 Å². The Morgan fingerprint density at radius 2 is 2.30 bits per heavy atom. The first kappa shape index (κ1) is 11.4. The van der Waals surface area contributed by atoms with Crippen molar-refractivity contribution in [3.05, 3.63) is 0 Å². The topological polar surface area (TPSA) is 43.1 Å². The van der Waals surface area contributed by atoms with Crippen LogP contribution in [0.2, 0.25) is 0 Å². The summed E-state index contributed by atoms with van der Waals surface area (Å²) in [5, 5.41) is -0.0541. The number of thiol groups is 2. The summed E-state index contributed by atoms with van der Waals surface area (Å²) >= 11 is 7.72. The fraction of sp³-hybridized carbons (Fsp3) is 0.667. The zero-order valence-corrected chi connectivity index (χ0v) is 9.13. The van der Waals surface area contributed by atoms with Gasteiger partial charge in [0, 0.05) is 5.75 Å². The Hall–Kier alpha value is 1.38. The van der Waals surface area contributed by atoms with Crippen molar-refractivity contribution >= 4 is 59.9 Å². The van der Waals surface area contributed by atoms with Gasteiger partial charge in [0.1, 0.15) is 0 Å². The van der Waals surface area contributed by atoms with Crippen molar-refractivity contribution in [2.45, 2.75) is 6.04 Å². The molecule has 0 rings (SSSR count). The van der Waals surface area contributed by atoms with E-state index in [0.29, 0.717) is 5.75 Å². The number of hydrogen-bond acceptors (Lipinski definition) is 7. The SMILES string of the molecule is N[C@@H](CS)C(=O)SSSS. The molecule has 0 spiro atoms. The molecule has 0 aliphatic heterocycles. The largest absolute Gasteiger partial charge is 0.320 e. The van der Waals surface area contributed by atoms with Gasteiger partial charge in [0.15, 0.2) is 0 Å². The average Bonchev–Trinajstić information content (AvgIpc) is 1.98. The third-order valence-corrected chi connectivity index (χ3v) is 5.32. The fourth-order valence-corrected chi connectivity index (χ4v) is 3.14. The first-order valence-electron chi connectivity index (χ1n) is 2.27. The molecule has 0 fully saturated rings. The van der Waals surface area contributed by atoms with Crippen LogP contribution in [0.25, 0.3) is 0 Å². The molecule has 0 aliphatic carbocycles. The highest BCUT2D eigenvalue weighted by Crippen LogP contribution is 2.37. The van der Waals surface area contributed by atoms with Gasteiger partial charge in [0.2, 0.25) is 5.12 Å². The van der Waals surface area contributed by atoms with E-state index < -0.39 is 6.04 Å². The second kappa shape index (κ2) is 7.05. The normalized spacial score (nSPS) is 13.1. The molecule has 0 radical (unpaired) electrons. The van der Waals surface area contributed by atoms with E-state index in [1.165, 1.54) is 19.7 Å². The van der Waals surface area contributed by atoms with Gasteiger partial charge in [-0.2, -0.15) is 12.6 Å². The highest BCUT2D eigenvalue weighted by atomic mass is 33.7. The molecule has 0 aromatic carbocycles. The smallest absolute Gasteiger partial charge is 0.217 e. The number of rotatable bonds is 4. The Labute approximate surface area is 81.8 Å². The summed E-state index contributed by atoms with van der Waals surface area (Å²) in [6.07, 6.45) is 0.